The molecule has 0 spiro atoms. The van der Waals surface area contributed by atoms with Gasteiger partial charge in [-0.3, -0.25) is 19.2 Å². The van der Waals surface area contributed by atoms with Gasteiger partial charge in [0.25, 0.3) is 5.91 Å². The van der Waals surface area contributed by atoms with E-state index in [0.717, 1.165) is 64.2 Å². The summed E-state index contributed by atoms with van der Waals surface area (Å²) in [7, 11) is -3.57. The summed E-state index contributed by atoms with van der Waals surface area (Å²) >= 11 is 0. The van der Waals surface area contributed by atoms with Crippen LogP contribution in [0.3, 0.4) is 0 Å². The van der Waals surface area contributed by atoms with Crippen molar-refractivity contribution in [2.45, 2.75) is 186 Å². The lowest BCUT2D eigenvalue weighted by atomic mass is 9.70. The summed E-state index contributed by atoms with van der Waals surface area (Å²) in [4.78, 5) is 71.5. The number of amides is 5. The highest BCUT2D eigenvalue weighted by molar-refractivity contribution is 7.92. The number of nitrogens with zero attached hydrogens (tertiary/aromatic N) is 1. The quantitative estimate of drug-likeness (QED) is 0.193. The minimum Gasteiger partial charge on any atom is -0.347 e. The van der Waals surface area contributed by atoms with Crippen molar-refractivity contribution in [3.63, 3.8) is 0 Å². The van der Waals surface area contributed by atoms with Crippen LogP contribution < -0.4 is 21.3 Å². The second-order valence-electron chi connectivity index (χ2n) is 19.5. The second kappa shape index (κ2) is 15.8. The molecule has 0 aromatic carbocycles. The number of likely N-dealkylation sites (tertiary alicyclic amines) is 1. The Morgan fingerprint density at radius 1 is 0.792 bits per heavy atom. The van der Waals surface area contributed by atoms with E-state index in [1.54, 1.807) is 25.7 Å². The first-order chi connectivity index (χ1) is 24.6. The van der Waals surface area contributed by atoms with Crippen LogP contribution in [0.5, 0.6) is 0 Å². The number of rotatable bonds is 13. The zero-order valence-electron chi connectivity index (χ0n) is 33.4. The molecule has 4 aliphatic carbocycles. The van der Waals surface area contributed by atoms with E-state index < -0.39 is 67.3 Å². The molecule has 13 heteroatoms. The van der Waals surface area contributed by atoms with Gasteiger partial charge in [-0.25, -0.2) is 13.2 Å². The van der Waals surface area contributed by atoms with Gasteiger partial charge in [0.05, 0.1) is 22.1 Å². The van der Waals surface area contributed by atoms with Crippen molar-refractivity contribution < 1.29 is 32.4 Å². The Hall–Kier alpha value is -2.70. The van der Waals surface area contributed by atoms with Gasteiger partial charge in [-0.15, -0.1) is 0 Å². The molecule has 4 saturated carbocycles. The number of hydrogen-bond acceptors (Lipinski definition) is 7. The van der Waals surface area contributed by atoms with Crippen LogP contribution in [-0.2, 0) is 29.0 Å². The average Bonchev–Trinajstić information content (AvgIpc) is 4.00. The van der Waals surface area contributed by atoms with E-state index in [1.807, 2.05) is 27.7 Å². The monoisotopic (exact) mass is 761 g/mol. The van der Waals surface area contributed by atoms with Crippen LogP contribution in [0.15, 0.2) is 0 Å². The van der Waals surface area contributed by atoms with Crippen molar-refractivity contribution in [1.29, 1.82) is 0 Å². The third-order valence-corrected chi connectivity index (χ3v) is 15.7. The Morgan fingerprint density at radius 3 is 1.91 bits per heavy atom. The molecule has 4 N–H and O–H groups in total. The van der Waals surface area contributed by atoms with Crippen molar-refractivity contribution in [3.8, 4) is 0 Å². The number of carbonyl (C=O) groups is 5. The number of carbonyl (C=O) groups excluding carboxylic acids is 5. The highest BCUT2D eigenvalue weighted by atomic mass is 32.2. The lowest BCUT2D eigenvalue weighted by Crippen LogP contribution is -2.65. The number of urea groups is 1. The summed E-state index contributed by atoms with van der Waals surface area (Å²) in [5.41, 5.74) is -1.90. The van der Waals surface area contributed by atoms with E-state index in [-0.39, 0.29) is 35.0 Å². The van der Waals surface area contributed by atoms with Gasteiger partial charge in [0, 0.05) is 12.6 Å². The molecule has 0 aromatic rings. The van der Waals surface area contributed by atoms with Crippen molar-refractivity contribution >= 4 is 39.4 Å². The highest BCUT2D eigenvalue weighted by Crippen LogP contribution is 2.44. The van der Waals surface area contributed by atoms with Crippen LogP contribution in [0.4, 0.5) is 4.79 Å². The van der Waals surface area contributed by atoms with Gasteiger partial charge >= 0.3 is 6.03 Å². The molecule has 0 bridgehead atoms. The van der Waals surface area contributed by atoms with Gasteiger partial charge in [0.15, 0.2) is 9.84 Å². The summed E-state index contributed by atoms with van der Waals surface area (Å²) in [6, 6.07) is -3.38. The second-order valence-corrected chi connectivity index (χ2v) is 22.3. The summed E-state index contributed by atoms with van der Waals surface area (Å²) in [6.45, 7) is 13.5. The Morgan fingerprint density at radius 2 is 1.38 bits per heavy atom. The summed E-state index contributed by atoms with van der Waals surface area (Å²) < 4.78 is 26.0. The van der Waals surface area contributed by atoms with Crippen LogP contribution in [0.2, 0.25) is 0 Å². The molecule has 12 nitrogen and oxygen atoms in total. The fraction of sp³-hybridized carbons (Fsp3) is 0.875. The fourth-order valence-electron chi connectivity index (χ4n) is 8.96. The largest absolute Gasteiger partial charge is 0.347 e. The lowest BCUT2D eigenvalue weighted by Gasteiger charge is -2.44. The van der Waals surface area contributed by atoms with Crippen LogP contribution >= 0.6 is 0 Å². The lowest BCUT2D eigenvalue weighted by molar-refractivity contribution is -0.146. The standard InChI is InChI=1S/C40H67N5O7S/c1-37(2,3)28-18-23-45(30(28)33(47)42-29(24-26-14-15-26)31(46)34(48)41-27-16-17-27)35(49)32(39(7)19-10-8-11-20-39)43-36(50)44-40(21-12-9-13-22-40)25-53(51,52)38(4,5)6/h26-30,32H,8-25H2,1-7H3,(H,41,48)(H,42,47)(H2,43,44,50)/t28?,29?,30?,32-/m1/s1. The van der Waals surface area contributed by atoms with E-state index in [4.69, 9.17) is 0 Å². The zero-order valence-corrected chi connectivity index (χ0v) is 34.2. The SMILES string of the molecule is CC(C)(C)C1CCN(C(=O)[C@@H](NC(=O)NC2(CS(=O)(=O)C(C)(C)C)CCCCC2)C2(C)CCCCC2)C1C(=O)NC(CC1CC1)C(=O)C(=O)NC1CC1. The number of ketones is 1. The zero-order chi connectivity index (χ0) is 39.0. The Bertz CT molecular complexity index is 1500. The summed E-state index contributed by atoms with van der Waals surface area (Å²) in [5, 5.41) is 11.9. The van der Waals surface area contributed by atoms with Gasteiger partial charge in [0.1, 0.15) is 12.1 Å². The molecule has 53 heavy (non-hydrogen) atoms. The van der Waals surface area contributed by atoms with Gasteiger partial charge in [-0.1, -0.05) is 79.1 Å². The number of Topliss-reactive ketones (excluding diaryl/α,β-unsaturated/α-hetero) is 1. The van der Waals surface area contributed by atoms with E-state index >= 15 is 4.79 Å². The molecule has 300 valence electrons. The topological polar surface area (TPSA) is 171 Å². The predicted molar refractivity (Wildman–Crippen MR) is 205 cm³/mol. The van der Waals surface area contributed by atoms with Crippen molar-refractivity contribution in [2.24, 2.45) is 22.7 Å². The molecule has 5 rings (SSSR count). The Balaban J connectivity index is 1.41. The van der Waals surface area contributed by atoms with Crippen LogP contribution in [-0.4, -0.2) is 89.6 Å². The highest BCUT2D eigenvalue weighted by Gasteiger charge is 2.52. The van der Waals surface area contributed by atoms with Gasteiger partial charge in [0.2, 0.25) is 17.6 Å². The first kappa shape index (κ1) is 41.5. The smallest absolute Gasteiger partial charge is 0.315 e. The van der Waals surface area contributed by atoms with Gasteiger partial charge in [-0.05, 0) is 94.8 Å². The van der Waals surface area contributed by atoms with Crippen LogP contribution in [0.1, 0.15) is 151 Å². The van der Waals surface area contributed by atoms with Gasteiger partial charge < -0.3 is 26.2 Å². The molecule has 1 aliphatic heterocycles. The Kier molecular flexibility index (Phi) is 12.4. The van der Waals surface area contributed by atoms with Gasteiger partial charge in [-0.2, -0.15) is 0 Å². The van der Waals surface area contributed by atoms with Crippen molar-refractivity contribution in [3.05, 3.63) is 0 Å². The third kappa shape index (κ3) is 10.1. The average molecular weight is 762 g/mol. The normalized spacial score (nSPS) is 25.8. The number of nitrogens with one attached hydrogen (secondary N) is 4. The predicted octanol–water partition coefficient (Wildman–Crippen LogP) is 4.94. The third-order valence-electron chi connectivity index (χ3n) is 12.9. The molecule has 0 aromatic heterocycles. The first-order valence-corrected chi connectivity index (χ1v) is 22.1. The maximum Gasteiger partial charge on any atom is 0.315 e. The summed E-state index contributed by atoms with van der Waals surface area (Å²) in [5.74, 6) is -2.24. The Labute approximate surface area is 317 Å². The molecule has 3 unspecified atom stereocenters. The van der Waals surface area contributed by atoms with Crippen LogP contribution in [0, 0.1) is 22.7 Å². The van der Waals surface area contributed by atoms with E-state index in [1.165, 1.54) is 0 Å². The van der Waals surface area contributed by atoms with Crippen molar-refractivity contribution in [1.82, 2.24) is 26.2 Å². The molecule has 5 amide bonds. The molecule has 0 radical (unpaired) electrons. The first-order valence-electron chi connectivity index (χ1n) is 20.4. The molecule has 1 heterocycles. The molecule has 5 fully saturated rings. The number of sulfone groups is 1. The van der Waals surface area contributed by atoms with E-state index in [9.17, 15) is 27.6 Å². The fourth-order valence-corrected chi connectivity index (χ4v) is 10.5. The summed E-state index contributed by atoms with van der Waals surface area (Å²) in [6.07, 6.45) is 12.4. The molecule has 5 aliphatic rings. The maximum absolute atomic E-state index is 15.0. The van der Waals surface area contributed by atoms with E-state index in [0.29, 0.717) is 45.1 Å². The van der Waals surface area contributed by atoms with E-state index in [2.05, 4.69) is 21.3 Å². The van der Waals surface area contributed by atoms with Crippen molar-refractivity contribution in [2.75, 3.05) is 12.3 Å². The number of hydrogen-bond donors (Lipinski definition) is 4. The minimum atomic E-state index is -3.57. The minimum absolute atomic E-state index is 0.00983. The molecular weight excluding hydrogens is 695 g/mol. The molecule has 4 atom stereocenters. The molecule has 1 saturated heterocycles. The maximum atomic E-state index is 15.0. The molecular formula is C40H67N5O7S. The van der Waals surface area contributed by atoms with Crippen LogP contribution in [0.25, 0.3) is 0 Å².